The number of piperazine rings is 1. The van der Waals surface area contributed by atoms with Crippen LogP contribution in [-0.4, -0.2) is 92.0 Å². The summed E-state index contributed by atoms with van der Waals surface area (Å²) in [6.07, 6.45) is 2.58. The third-order valence-electron chi connectivity index (χ3n) is 8.15. The maximum absolute atomic E-state index is 13.8. The van der Waals surface area contributed by atoms with Gasteiger partial charge in [-0.2, -0.15) is 0 Å². The summed E-state index contributed by atoms with van der Waals surface area (Å²) >= 11 is 0. The van der Waals surface area contributed by atoms with Gasteiger partial charge >= 0.3 is 0 Å². The molecule has 4 fully saturated rings. The van der Waals surface area contributed by atoms with Crippen molar-refractivity contribution in [2.45, 2.75) is 58.2 Å². The standard InChI is InChI=1S/C28H40N4O4/c1-28(2,3)15-22(27(35)32-16-21(18-5-6-18)25-24(32)23(33)17-36-25)29-26(34)19-7-9-20(10-8-19)31-13-11-30(4)12-14-31/h7-10,18,21-22,24-25H,5-6,11-17H2,1-4H3,(H,29,34)/t21-,22-,24+,25+/m0/s1. The summed E-state index contributed by atoms with van der Waals surface area (Å²) in [7, 11) is 2.13. The molecule has 4 aliphatic rings. The second-order valence-electron chi connectivity index (χ2n) is 12.3. The van der Waals surface area contributed by atoms with Crippen molar-refractivity contribution in [2.75, 3.05) is 51.3 Å². The minimum Gasteiger partial charge on any atom is -0.369 e. The van der Waals surface area contributed by atoms with Gasteiger partial charge in [-0.25, -0.2) is 0 Å². The van der Waals surface area contributed by atoms with Gasteiger partial charge < -0.3 is 24.8 Å². The van der Waals surface area contributed by atoms with E-state index in [2.05, 4.69) is 42.9 Å². The zero-order chi connectivity index (χ0) is 25.6. The third kappa shape index (κ3) is 5.30. The van der Waals surface area contributed by atoms with Crippen molar-refractivity contribution >= 4 is 23.3 Å². The molecule has 1 saturated carbocycles. The van der Waals surface area contributed by atoms with Crippen LogP contribution in [0.25, 0.3) is 0 Å². The lowest BCUT2D eigenvalue weighted by molar-refractivity contribution is -0.138. The van der Waals surface area contributed by atoms with Gasteiger partial charge in [-0.1, -0.05) is 20.8 Å². The SMILES string of the molecule is CN1CCN(c2ccc(C(=O)N[C@@H](CC(C)(C)C)C(=O)N3C[C@@H](C4CC4)[C@H]4OCC(=O)[C@H]43)cc2)CC1. The van der Waals surface area contributed by atoms with Gasteiger partial charge in [0.25, 0.3) is 5.91 Å². The van der Waals surface area contributed by atoms with E-state index >= 15 is 0 Å². The lowest BCUT2D eigenvalue weighted by atomic mass is 9.87. The molecule has 1 aromatic carbocycles. The number of benzene rings is 1. The number of Topliss-reactive ketones (excluding diaryl/α,β-unsaturated/α-hetero) is 1. The highest BCUT2D eigenvalue weighted by Crippen LogP contribution is 2.46. The van der Waals surface area contributed by atoms with Crippen LogP contribution in [-0.2, 0) is 14.3 Å². The Bertz CT molecular complexity index is 992. The monoisotopic (exact) mass is 496 g/mol. The molecule has 2 amide bonds. The third-order valence-corrected chi connectivity index (χ3v) is 8.15. The summed E-state index contributed by atoms with van der Waals surface area (Å²) in [4.78, 5) is 46.2. The second-order valence-corrected chi connectivity index (χ2v) is 12.3. The number of hydrogen-bond donors (Lipinski definition) is 1. The predicted molar refractivity (Wildman–Crippen MR) is 138 cm³/mol. The fourth-order valence-electron chi connectivity index (χ4n) is 6.00. The fraction of sp³-hybridized carbons (Fsp3) is 0.679. The molecule has 1 aliphatic carbocycles. The molecule has 3 heterocycles. The number of carbonyl (C=O) groups excluding carboxylic acids is 3. The number of ketones is 1. The summed E-state index contributed by atoms with van der Waals surface area (Å²) in [5, 5.41) is 3.02. The van der Waals surface area contributed by atoms with E-state index in [-0.39, 0.29) is 41.6 Å². The molecule has 5 rings (SSSR count). The molecule has 8 nitrogen and oxygen atoms in total. The minimum atomic E-state index is -0.693. The number of likely N-dealkylation sites (N-methyl/N-ethyl adjacent to an activating group) is 1. The maximum atomic E-state index is 13.8. The molecule has 0 radical (unpaired) electrons. The highest BCUT2D eigenvalue weighted by Gasteiger charge is 2.56. The van der Waals surface area contributed by atoms with Crippen LogP contribution in [0.15, 0.2) is 24.3 Å². The number of rotatable bonds is 6. The van der Waals surface area contributed by atoms with Crippen LogP contribution >= 0.6 is 0 Å². The Hall–Kier alpha value is -2.45. The van der Waals surface area contributed by atoms with Gasteiger partial charge in [-0.15, -0.1) is 0 Å². The number of nitrogens with one attached hydrogen (secondary N) is 1. The minimum absolute atomic E-state index is 0.0168. The molecule has 8 heteroatoms. The van der Waals surface area contributed by atoms with Crippen LogP contribution in [0.2, 0.25) is 0 Å². The Morgan fingerprint density at radius 1 is 1.08 bits per heavy atom. The largest absolute Gasteiger partial charge is 0.369 e. The van der Waals surface area contributed by atoms with Gasteiger partial charge in [0.2, 0.25) is 5.91 Å². The van der Waals surface area contributed by atoms with Gasteiger partial charge in [0.05, 0.1) is 6.10 Å². The number of fused-ring (bicyclic) bond motifs is 1. The topological polar surface area (TPSA) is 82.2 Å². The van der Waals surface area contributed by atoms with Crippen LogP contribution < -0.4 is 10.2 Å². The van der Waals surface area contributed by atoms with Crippen molar-refractivity contribution in [3.63, 3.8) is 0 Å². The highest BCUT2D eigenvalue weighted by molar-refractivity contribution is 5.99. The first-order valence-electron chi connectivity index (χ1n) is 13.4. The Morgan fingerprint density at radius 3 is 2.36 bits per heavy atom. The molecule has 0 aromatic heterocycles. The van der Waals surface area contributed by atoms with Crippen LogP contribution in [0.5, 0.6) is 0 Å². The maximum Gasteiger partial charge on any atom is 0.251 e. The highest BCUT2D eigenvalue weighted by atomic mass is 16.5. The molecule has 3 saturated heterocycles. The zero-order valence-corrected chi connectivity index (χ0v) is 22.0. The smallest absolute Gasteiger partial charge is 0.251 e. The summed E-state index contributed by atoms with van der Waals surface area (Å²) in [5.74, 6) is 0.321. The number of anilines is 1. The van der Waals surface area contributed by atoms with Crippen molar-refractivity contribution < 1.29 is 19.1 Å². The van der Waals surface area contributed by atoms with E-state index in [1.54, 1.807) is 4.90 Å². The molecule has 1 aromatic rings. The molecule has 0 bridgehead atoms. The number of hydrogen-bond acceptors (Lipinski definition) is 6. The molecular weight excluding hydrogens is 456 g/mol. The van der Waals surface area contributed by atoms with Crippen LogP contribution in [0.4, 0.5) is 5.69 Å². The molecule has 196 valence electrons. The van der Waals surface area contributed by atoms with Gasteiger partial charge in [-0.05, 0) is 61.9 Å². The van der Waals surface area contributed by atoms with Crippen molar-refractivity contribution in [1.82, 2.24) is 15.1 Å². The van der Waals surface area contributed by atoms with Crippen molar-refractivity contribution in [2.24, 2.45) is 17.3 Å². The zero-order valence-electron chi connectivity index (χ0n) is 22.0. The van der Waals surface area contributed by atoms with Gasteiger partial charge in [0, 0.05) is 49.9 Å². The molecular formula is C28H40N4O4. The van der Waals surface area contributed by atoms with Crippen molar-refractivity contribution in [1.29, 1.82) is 0 Å². The van der Waals surface area contributed by atoms with Crippen LogP contribution in [0, 0.1) is 17.3 Å². The Kier molecular flexibility index (Phi) is 6.85. The van der Waals surface area contributed by atoms with Crippen molar-refractivity contribution in [3.05, 3.63) is 29.8 Å². The van der Waals surface area contributed by atoms with E-state index in [9.17, 15) is 14.4 Å². The summed E-state index contributed by atoms with van der Waals surface area (Å²) in [6, 6.07) is 6.45. The first kappa shape index (κ1) is 25.2. The van der Waals surface area contributed by atoms with E-state index in [1.165, 1.54) is 0 Å². The Morgan fingerprint density at radius 2 is 1.75 bits per heavy atom. The number of likely N-dealkylation sites (tertiary alicyclic amines) is 1. The molecule has 4 atom stereocenters. The fourth-order valence-corrected chi connectivity index (χ4v) is 6.00. The van der Waals surface area contributed by atoms with Crippen molar-refractivity contribution in [3.8, 4) is 0 Å². The molecule has 0 unspecified atom stereocenters. The molecule has 0 spiro atoms. The van der Waals surface area contributed by atoms with E-state index in [4.69, 9.17) is 4.74 Å². The first-order valence-corrected chi connectivity index (χ1v) is 13.4. The van der Waals surface area contributed by atoms with Gasteiger partial charge in [0.15, 0.2) is 5.78 Å². The van der Waals surface area contributed by atoms with Gasteiger partial charge in [-0.3, -0.25) is 14.4 Å². The Labute approximate surface area is 214 Å². The van der Waals surface area contributed by atoms with E-state index in [0.717, 1.165) is 44.7 Å². The Balaban J connectivity index is 1.30. The first-order chi connectivity index (χ1) is 17.1. The lowest BCUT2D eigenvalue weighted by Gasteiger charge is -2.34. The van der Waals surface area contributed by atoms with E-state index < -0.39 is 12.1 Å². The van der Waals surface area contributed by atoms with Crippen LogP contribution in [0.3, 0.4) is 0 Å². The number of amides is 2. The van der Waals surface area contributed by atoms with Gasteiger partial charge in [0.1, 0.15) is 18.7 Å². The molecule has 36 heavy (non-hydrogen) atoms. The summed E-state index contributed by atoms with van der Waals surface area (Å²) in [5.41, 5.74) is 1.47. The predicted octanol–water partition coefficient (Wildman–Crippen LogP) is 2.18. The quantitative estimate of drug-likeness (QED) is 0.650. The average molecular weight is 497 g/mol. The number of nitrogens with zero attached hydrogens (tertiary/aromatic N) is 3. The second kappa shape index (κ2) is 9.78. The molecule has 3 aliphatic heterocycles. The van der Waals surface area contributed by atoms with E-state index in [1.807, 2.05) is 24.3 Å². The lowest BCUT2D eigenvalue weighted by Crippen LogP contribution is -2.53. The number of ether oxygens (including phenoxy) is 1. The van der Waals surface area contributed by atoms with E-state index in [0.29, 0.717) is 24.4 Å². The average Bonchev–Trinajstić information content (AvgIpc) is 3.51. The number of carbonyl (C=O) groups is 3. The summed E-state index contributed by atoms with van der Waals surface area (Å²) < 4.78 is 5.84. The summed E-state index contributed by atoms with van der Waals surface area (Å²) in [6.45, 7) is 10.8. The molecule has 1 N–H and O–H groups in total. The normalized spacial score (nSPS) is 27.8. The van der Waals surface area contributed by atoms with Crippen LogP contribution in [0.1, 0.15) is 50.4 Å².